The summed E-state index contributed by atoms with van der Waals surface area (Å²) in [5.74, 6) is -0.0315. The molecule has 0 bridgehead atoms. The van der Waals surface area contributed by atoms with Crippen LogP contribution in [0.1, 0.15) is 0 Å². The molecule has 0 spiro atoms. The van der Waals surface area contributed by atoms with E-state index in [1.165, 1.54) is 0 Å². The maximum atomic E-state index is 11.9. The molecule has 0 aromatic rings. The van der Waals surface area contributed by atoms with Crippen LogP contribution < -0.4 is 10.6 Å². The van der Waals surface area contributed by atoms with Gasteiger partial charge < -0.3 is 20.4 Å². The molecule has 19 heavy (non-hydrogen) atoms. The third-order valence-corrected chi connectivity index (χ3v) is 3.81. The van der Waals surface area contributed by atoms with Crippen molar-refractivity contribution in [3.05, 3.63) is 48.0 Å². The van der Waals surface area contributed by atoms with Crippen molar-refractivity contribution in [1.29, 1.82) is 0 Å². The maximum absolute atomic E-state index is 11.9. The quantitative estimate of drug-likeness (QED) is 0.739. The van der Waals surface area contributed by atoms with E-state index in [9.17, 15) is 4.79 Å². The van der Waals surface area contributed by atoms with Gasteiger partial charge >= 0.3 is 0 Å². The Morgan fingerprint density at radius 2 is 2.16 bits per heavy atom. The van der Waals surface area contributed by atoms with Crippen LogP contribution >= 0.6 is 0 Å². The SMILES string of the molecule is CNC(=O)C1=CC=CC2C3C=CC(NC)=CN3CN12. The molecule has 1 amide bonds. The van der Waals surface area contributed by atoms with Crippen molar-refractivity contribution in [3.63, 3.8) is 0 Å². The van der Waals surface area contributed by atoms with Gasteiger partial charge in [0.15, 0.2) is 0 Å². The monoisotopic (exact) mass is 258 g/mol. The summed E-state index contributed by atoms with van der Waals surface area (Å²) < 4.78 is 0. The number of likely N-dealkylation sites (N-methyl/N-ethyl adjacent to an activating group) is 2. The molecule has 100 valence electrons. The molecule has 1 saturated heterocycles. The Labute approximate surface area is 112 Å². The molecule has 5 nitrogen and oxygen atoms in total. The van der Waals surface area contributed by atoms with Crippen molar-refractivity contribution in [1.82, 2.24) is 20.4 Å². The molecular weight excluding hydrogens is 240 g/mol. The van der Waals surface area contributed by atoms with Crippen molar-refractivity contribution in [2.75, 3.05) is 20.8 Å². The number of nitrogens with zero attached hydrogens (tertiary/aromatic N) is 2. The van der Waals surface area contributed by atoms with Crippen LogP contribution in [0, 0.1) is 0 Å². The number of allylic oxidation sites excluding steroid dienone is 3. The fraction of sp³-hybridized carbons (Fsp3) is 0.357. The first-order chi connectivity index (χ1) is 9.24. The fourth-order valence-corrected chi connectivity index (χ4v) is 2.81. The Kier molecular flexibility index (Phi) is 2.81. The van der Waals surface area contributed by atoms with Gasteiger partial charge in [0, 0.05) is 26.0 Å². The van der Waals surface area contributed by atoms with E-state index in [1.807, 2.05) is 19.2 Å². The molecule has 3 aliphatic heterocycles. The highest BCUT2D eigenvalue weighted by Gasteiger charge is 2.40. The van der Waals surface area contributed by atoms with Gasteiger partial charge in [0.1, 0.15) is 5.70 Å². The molecule has 3 heterocycles. The average Bonchev–Trinajstić information content (AvgIpc) is 2.83. The Bertz CT molecular complexity index is 518. The third-order valence-electron chi connectivity index (χ3n) is 3.81. The normalized spacial score (nSPS) is 27.5. The standard InChI is InChI=1S/C14H18N4O/c1-15-10-6-7-11-12-4-3-5-13(14(19)16-2)18(12)9-17(11)8-10/h3-8,11-12,15H,9H2,1-2H3,(H,16,19). The smallest absolute Gasteiger partial charge is 0.267 e. The lowest BCUT2D eigenvalue weighted by Gasteiger charge is -2.28. The molecule has 3 aliphatic rings. The summed E-state index contributed by atoms with van der Waals surface area (Å²) >= 11 is 0. The van der Waals surface area contributed by atoms with Gasteiger partial charge in [0.2, 0.25) is 0 Å². The second-order valence-electron chi connectivity index (χ2n) is 4.82. The van der Waals surface area contributed by atoms with E-state index in [2.05, 4.69) is 44.9 Å². The Hall–Kier alpha value is -2.17. The third kappa shape index (κ3) is 1.82. The summed E-state index contributed by atoms with van der Waals surface area (Å²) in [6, 6.07) is 0.518. The first-order valence-corrected chi connectivity index (χ1v) is 6.45. The summed E-state index contributed by atoms with van der Waals surface area (Å²) in [7, 11) is 3.58. The number of hydrogen-bond acceptors (Lipinski definition) is 4. The molecule has 0 aromatic carbocycles. The summed E-state index contributed by atoms with van der Waals surface area (Å²) in [6.45, 7) is 0.731. The van der Waals surface area contributed by atoms with Gasteiger partial charge in [0.25, 0.3) is 5.91 Å². The van der Waals surface area contributed by atoms with Crippen LogP contribution in [0.2, 0.25) is 0 Å². The highest BCUT2D eigenvalue weighted by molar-refractivity contribution is 5.93. The summed E-state index contributed by atoms with van der Waals surface area (Å²) in [4.78, 5) is 16.3. The van der Waals surface area contributed by atoms with Crippen molar-refractivity contribution in [3.8, 4) is 0 Å². The van der Waals surface area contributed by atoms with Crippen molar-refractivity contribution in [2.24, 2.45) is 0 Å². The van der Waals surface area contributed by atoms with Crippen LogP contribution in [0.25, 0.3) is 0 Å². The zero-order valence-corrected chi connectivity index (χ0v) is 11.1. The lowest BCUT2D eigenvalue weighted by Crippen LogP contribution is -2.39. The van der Waals surface area contributed by atoms with E-state index in [1.54, 1.807) is 7.05 Å². The number of amides is 1. The van der Waals surface area contributed by atoms with Crippen molar-refractivity contribution >= 4 is 5.91 Å². The Balaban J connectivity index is 1.89. The van der Waals surface area contributed by atoms with Crippen LogP contribution in [0.4, 0.5) is 0 Å². The van der Waals surface area contributed by atoms with Crippen LogP contribution in [0.3, 0.4) is 0 Å². The van der Waals surface area contributed by atoms with Gasteiger partial charge in [-0.2, -0.15) is 0 Å². The molecule has 1 fully saturated rings. The molecule has 0 aliphatic carbocycles. The van der Waals surface area contributed by atoms with Crippen LogP contribution in [0.15, 0.2) is 48.0 Å². The molecule has 0 radical (unpaired) electrons. The van der Waals surface area contributed by atoms with Crippen molar-refractivity contribution in [2.45, 2.75) is 12.1 Å². The average molecular weight is 258 g/mol. The second kappa shape index (κ2) is 4.50. The molecular formula is C14H18N4O. The maximum Gasteiger partial charge on any atom is 0.267 e. The molecule has 0 aromatic heterocycles. The topological polar surface area (TPSA) is 47.6 Å². The van der Waals surface area contributed by atoms with E-state index in [0.717, 1.165) is 18.1 Å². The fourth-order valence-electron chi connectivity index (χ4n) is 2.81. The van der Waals surface area contributed by atoms with Gasteiger partial charge in [0.05, 0.1) is 18.8 Å². The van der Waals surface area contributed by atoms with Gasteiger partial charge in [-0.05, 0) is 12.2 Å². The summed E-state index contributed by atoms with van der Waals surface area (Å²) in [6.07, 6.45) is 12.4. The van der Waals surface area contributed by atoms with Crippen LogP contribution in [0.5, 0.6) is 0 Å². The van der Waals surface area contributed by atoms with Crippen molar-refractivity contribution < 1.29 is 4.79 Å². The van der Waals surface area contributed by atoms with Gasteiger partial charge in [-0.25, -0.2) is 0 Å². The van der Waals surface area contributed by atoms with Gasteiger partial charge in [-0.15, -0.1) is 0 Å². The predicted molar refractivity (Wildman–Crippen MR) is 73.7 cm³/mol. The largest absolute Gasteiger partial charge is 0.387 e. The summed E-state index contributed by atoms with van der Waals surface area (Å²) in [5.41, 5.74) is 1.82. The Morgan fingerprint density at radius 1 is 1.32 bits per heavy atom. The molecule has 5 heteroatoms. The highest BCUT2D eigenvalue weighted by Crippen LogP contribution is 2.31. The molecule has 0 saturated carbocycles. The van der Waals surface area contributed by atoms with E-state index < -0.39 is 0 Å². The van der Waals surface area contributed by atoms with Crippen LogP contribution in [-0.2, 0) is 4.79 Å². The highest BCUT2D eigenvalue weighted by atomic mass is 16.2. The molecule has 2 atom stereocenters. The molecule has 2 unspecified atom stereocenters. The number of carbonyl (C=O) groups excluding carboxylic acids is 1. The minimum Gasteiger partial charge on any atom is -0.387 e. The van der Waals surface area contributed by atoms with E-state index in [0.29, 0.717) is 6.04 Å². The molecule has 3 rings (SSSR count). The van der Waals surface area contributed by atoms with E-state index in [-0.39, 0.29) is 11.9 Å². The number of hydrogen-bond donors (Lipinski definition) is 2. The lowest BCUT2D eigenvalue weighted by molar-refractivity contribution is -0.118. The minimum atomic E-state index is -0.0315. The Morgan fingerprint density at radius 3 is 2.89 bits per heavy atom. The van der Waals surface area contributed by atoms with Gasteiger partial charge in [-0.3, -0.25) is 4.79 Å². The number of rotatable bonds is 2. The second-order valence-corrected chi connectivity index (χ2v) is 4.82. The lowest BCUT2D eigenvalue weighted by atomic mass is 10.0. The molecule has 2 N–H and O–H groups in total. The summed E-state index contributed by atoms with van der Waals surface area (Å²) in [5, 5.41) is 5.85. The minimum absolute atomic E-state index is 0.0315. The van der Waals surface area contributed by atoms with Gasteiger partial charge in [-0.1, -0.05) is 18.2 Å². The predicted octanol–water partition coefficient (Wildman–Crippen LogP) is 0.129. The number of nitrogens with one attached hydrogen (secondary N) is 2. The zero-order valence-electron chi connectivity index (χ0n) is 11.1. The van der Waals surface area contributed by atoms with E-state index in [4.69, 9.17) is 0 Å². The van der Waals surface area contributed by atoms with Crippen LogP contribution in [-0.4, -0.2) is 48.6 Å². The number of carbonyl (C=O) groups is 1. The first kappa shape index (κ1) is 11.9. The first-order valence-electron chi connectivity index (χ1n) is 6.45. The number of fused-ring (bicyclic) bond motifs is 3. The van der Waals surface area contributed by atoms with E-state index >= 15 is 0 Å². The zero-order chi connectivity index (χ0) is 13.4.